The second kappa shape index (κ2) is 5.79. The molecule has 2 rings (SSSR count). The van der Waals surface area contributed by atoms with E-state index in [0.29, 0.717) is 29.2 Å². The van der Waals surface area contributed by atoms with E-state index < -0.39 is 0 Å². The number of rotatable bonds is 5. The van der Waals surface area contributed by atoms with E-state index in [1.807, 2.05) is 12.1 Å². The van der Waals surface area contributed by atoms with Crippen LogP contribution in [0.2, 0.25) is 0 Å². The van der Waals surface area contributed by atoms with Crippen LogP contribution in [0.25, 0.3) is 10.2 Å². The highest BCUT2D eigenvalue weighted by molar-refractivity contribution is 7.21. The summed E-state index contributed by atoms with van der Waals surface area (Å²) in [6, 6.07) is 3.74. The van der Waals surface area contributed by atoms with Crippen LogP contribution in [0, 0.1) is 0 Å². The van der Waals surface area contributed by atoms with Gasteiger partial charge in [-0.25, -0.2) is 0 Å². The van der Waals surface area contributed by atoms with Gasteiger partial charge in [-0.2, -0.15) is 0 Å². The Labute approximate surface area is 109 Å². The number of nitrogens with two attached hydrogens (primary N) is 1. The molecule has 0 aliphatic carbocycles. The molecular weight excluding hydrogens is 250 g/mol. The van der Waals surface area contributed by atoms with Gasteiger partial charge in [0.25, 0.3) is 5.91 Å². The molecule has 0 fully saturated rings. The third-order valence-corrected chi connectivity index (χ3v) is 3.66. The second-order valence-electron chi connectivity index (χ2n) is 3.80. The molecule has 1 amide bonds. The van der Waals surface area contributed by atoms with Crippen molar-refractivity contribution in [2.45, 2.75) is 6.42 Å². The zero-order chi connectivity index (χ0) is 13.0. The van der Waals surface area contributed by atoms with Crippen LogP contribution in [0.1, 0.15) is 16.1 Å². The van der Waals surface area contributed by atoms with Crippen LogP contribution in [0.4, 0.5) is 5.69 Å². The lowest BCUT2D eigenvalue weighted by molar-refractivity contribution is 0.0953. The monoisotopic (exact) mass is 265 g/mol. The molecule has 2 heterocycles. The largest absolute Gasteiger partial charge is 0.396 e. The third-order valence-electron chi connectivity index (χ3n) is 2.50. The van der Waals surface area contributed by atoms with Crippen LogP contribution in [0.15, 0.2) is 18.3 Å². The smallest absolute Gasteiger partial charge is 0.263 e. The van der Waals surface area contributed by atoms with Crippen molar-refractivity contribution in [1.29, 1.82) is 0 Å². The van der Waals surface area contributed by atoms with Crippen molar-refractivity contribution in [2.75, 3.05) is 26.0 Å². The lowest BCUT2D eigenvalue weighted by atomic mass is 10.3. The summed E-state index contributed by atoms with van der Waals surface area (Å²) in [4.78, 5) is 16.7. The SMILES string of the molecule is COCCCNC(=O)c1sc2cccnc2c1N. The van der Waals surface area contributed by atoms with Gasteiger partial charge in [-0.15, -0.1) is 11.3 Å². The summed E-state index contributed by atoms with van der Waals surface area (Å²) in [5.74, 6) is -0.147. The molecule has 0 bridgehead atoms. The van der Waals surface area contributed by atoms with Gasteiger partial charge < -0.3 is 15.8 Å². The van der Waals surface area contributed by atoms with Crippen LogP contribution in [-0.2, 0) is 4.74 Å². The summed E-state index contributed by atoms with van der Waals surface area (Å²) in [6.07, 6.45) is 2.46. The van der Waals surface area contributed by atoms with Gasteiger partial charge in [0, 0.05) is 26.5 Å². The molecule has 96 valence electrons. The lowest BCUT2D eigenvalue weighted by Gasteiger charge is -2.03. The molecule has 0 atom stereocenters. The highest BCUT2D eigenvalue weighted by Crippen LogP contribution is 2.31. The minimum Gasteiger partial charge on any atom is -0.396 e. The molecule has 0 aliphatic rings. The number of thiophene rings is 1. The molecule has 0 saturated carbocycles. The first-order valence-corrected chi connectivity index (χ1v) is 6.46. The summed E-state index contributed by atoms with van der Waals surface area (Å²) < 4.78 is 5.85. The van der Waals surface area contributed by atoms with Gasteiger partial charge >= 0.3 is 0 Å². The minimum atomic E-state index is -0.147. The number of nitrogens with one attached hydrogen (secondary N) is 1. The molecule has 6 heteroatoms. The maximum Gasteiger partial charge on any atom is 0.263 e. The molecule has 2 aromatic heterocycles. The Bertz CT molecular complexity index is 553. The van der Waals surface area contributed by atoms with Crippen LogP contribution < -0.4 is 11.1 Å². The standard InChI is InChI=1S/C12H15N3O2S/c1-17-7-3-6-15-12(16)11-9(13)10-8(18-11)4-2-5-14-10/h2,4-5H,3,6-7,13H2,1H3,(H,15,16). The van der Waals surface area contributed by atoms with Gasteiger partial charge in [0.05, 0.1) is 10.4 Å². The Morgan fingerprint density at radius 2 is 2.44 bits per heavy atom. The molecule has 2 aromatic rings. The minimum absolute atomic E-state index is 0.147. The number of ether oxygens (including phenoxy) is 1. The predicted molar refractivity (Wildman–Crippen MR) is 72.9 cm³/mol. The number of nitrogen functional groups attached to an aromatic ring is 1. The number of hydrogen-bond acceptors (Lipinski definition) is 5. The fourth-order valence-corrected chi connectivity index (χ4v) is 2.61. The topological polar surface area (TPSA) is 77.2 Å². The van der Waals surface area contributed by atoms with Gasteiger partial charge in [-0.05, 0) is 18.6 Å². The van der Waals surface area contributed by atoms with E-state index in [1.54, 1.807) is 13.3 Å². The third kappa shape index (κ3) is 2.60. The molecule has 5 nitrogen and oxygen atoms in total. The van der Waals surface area contributed by atoms with Crippen molar-refractivity contribution in [2.24, 2.45) is 0 Å². The average molecular weight is 265 g/mol. The quantitative estimate of drug-likeness (QED) is 0.806. The molecule has 0 aliphatic heterocycles. The lowest BCUT2D eigenvalue weighted by Crippen LogP contribution is -2.25. The van der Waals surface area contributed by atoms with Gasteiger partial charge in [0.15, 0.2) is 0 Å². The summed E-state index contributed by atoms with van der Waals surface area (Å²) in [6.45, 7) is 1.21. The molecule has 0 aromatic carbocycles. The number of aromatic nitrogens is 1. The van der Waals surface area contributed by atoms with E-state index in [2.05, 4.69) is 10.3 Å². The summed E-state index contributed by atoms with van der Waals surface area (Å²) >= 11 is 1.36. The van der Waals surface area contributed by atoms with Crippen molar-refractivity contribution >= 4 is 33.1 Å². The number of carbonyl (C=O) groups is 1. The van der Waals surface area contributed by atoms with E-state index in [1.165, 1.54) is 11.3 Å². The molecule has 0 radical (unpaired) electrons. The molecule has 0 unspecified atom stereocenters. The Morgan fingerprint density at radius 1 is 1.61 bits per heavy atom. The van der Waals surface area contributed by atoms with Crippen LogP contribution in [-0.4, -0.2) is 31.2 Å². The van der Waals surface area contributed by atoms with Crippen molar-refractivity contribution in [3.63, 3.8) is 0 Å². The number of fused-ring (bicyclic) bond motifs is 1. The number of methoxy groups -OCH3 is 1. The van der Waals surface area contributed by atoms with Crippen molar-refractivity contribution in [3.8, 4) is 0 Å². The fourth-order valence-electron chi connectivity index (χ4n) is 1.62. The number of hydrogen-bond donors (Lipinski definition) is 2. The molecule has 18 heavy (non-hydrogen) atoms. The van der Waals surface area contributed by atoms with E-state index in [-0.39, 0.29) is 5.91 Å². The number of nitrogens with zero attached hydrogens (tertiary/aromatic N) is 1. The summed E-state index contributed by atoms with van der Waals surface area (Å²) in [7, 11) is 1.64. The Hall–Kier alpha value is -1.66. The van der Waals surface area contributed by atoms with Gasteiger partial charge in [0.2, 0.25) is 0 Å². The number of carbonyl (C=O) groups excluding carboxylic acids is 1. The maximum atomic E-state index is 11.9. The Morgan fingerprint density at radius 3 is 3.17 bits per heavy atom. The van der Waals surface area contributed by atoms with Crippen molar-refractivity contribution < 1.29 is 9.53 Å². The predicted octanol–water partition coefficient (Wildman–Crippen LogP) is 1.64. The van der Waals surface area contributed by atoms with Gasteiger partial charge in [-0.3, -0.25) is 9.78 Å². The number of pyridine rings is 1. The van der Waals surface area contributed by atoms with Gasteiger partial charge in [-0.1, -0.05) is 0 Å². The first kappa shape index (κ1) is 12.8. The highest BCUT2D eigenvalue weighted by atomic mass is 32.1. The van der Waals surface area contributed by atoms with E-state index in [0.717, 1.165) is 11.1 Å². The zero-order valence-electron chi connectivity index (χ0n) is 10.1. The molecule has 0 saturated heterocycles. The maximum absolute atomic E-state index is 11.9. The van der Waals surface area contributed by atoms with E-state index >= 15 is 0 Å². The summed E-state index contributed by atoms with van der Waals surface area (Å²) in [5.41, 5.74) is 7.09. The van der Waals surface area contributed by atoms with Crippen molar-refractivity contribution in [1.82, 2.24) is 10.3 Å². The number of anilines is 1. The van der Waals surface area contributed by atoms with Crippen LogP contribution in [0.5, 0.6) is 0 Å². The first-order valence-electron chi connectivity index (χ1n) is 5.64. The molecule has 3 N–H and O–H groups in total. The normalized spacial score (nSPS) is 10.7. The van der Waals surface area contributed by atoms with Crippen LogP contribution in [0.3, 0.4) is 0 Å². The Kier molecular flexibility index (Phi) is 4.11. The highest BCUT2D eigenvalue weighted by Gasteiger charge is 2.16. The van der Waals surface area contributed by atoms with E-state index in [4.69, 9.17) is 10.5 Å². The van der Waals surface area contributed by atoms with Crippen LogP contribution >= 0.6 is 11.3 Å². The second-order valence-corrected chi connectivity index (χ2v) is 4.85. The molecular formula is C12H15N3O2S. The first-order chi connectivity index (χ1) is 8.74. The Balaban J connectivity index is 2.10. The molecule has 0 spiro atoms. The van der Waals surface area contributed by atoms with Crippen molar-refractivity contribution in [3.05, 3.63) is 23.2 Å². The summed E-state index contributed by atoms with van der Waals surface area (Å²) in [5, 5.41) is 2.82. The van der Waals surface area contributed by atoms with E-state index in [9.17, 15) is 4.79 Å². The average Bonchev–Trinajstić information content (AvgIpc) is 2.73. The van der Waals surface area contributed by atoms with Gasteiger partial charge in [0.1, 0.15) is 10.4 Å². The fraction of sp³-hybridized carbons (Fsp3) is 0.333. The number of amides is 1. The zero-order valence-corrected chi connectivity index (χ0v) is 10.9.